The number of hydrogen-bond acceptors (Lipinski definition) is 1. The summed E-state index contributed by atoms with van der Waals surface area (Å²) in [4.78, 5) is 3.72. The van der Waals surface area contributed by atoms with Gasteiger partial charge in [0.1, 0.15) is 6.20 Å². The molecule has 1 heterocycles. The molecule has 0 saturated carbocycles. The number of aliphatic imine (C=N–C) groups is 1. The Hall–Kier alpha value is -0.458. The molecule has 19 heavy (non-hydrogen) atoms. The Morgan fingerprint density at radius 2 is 1.58 bits per heavy atom. The SMILES string of the molecule is C1=C[NH2+]C=N1.CC(C)c1[c-]c(C(C)C)ccc1.[Cl-].[Pd]. The van der Waals surface area contributed by atoms with Crippen molar-refractivity contribution in [2.45, 2.75) is 39.5 Å². The van der Waals surface area contributed by atoms with Gasteiger partial charge in [0.05, 0.1) is 6.20 Å². The van der Waals surface area contributed by atoms with Gasteiger partial charge in [-0.1, -0.05) is 27.7 Å². The summed E-state index contributed by atoms with van der Waals surface area (Å²) < 4.78 is 0. The topological polar surface area (TPSA) is 29.0 Å². The largest absolute Gasteiger partial charge is 1.00 e. The van der Waals surface area contributed by atoms with E-state index in [1.807, 2.05) is 11.5 Å². The Morgan fingerprint density at radius 3 is 1.84 bits per heavy atom. The van der Waals surface area contributed by atoms with E-state index < -0.39 is 0 Å². The number of quaternary nitrogens is 1. The molecule has 0 spiro atoms. The van der Waals surface area contributed by atoms with Crippen molar-refractivity contribution in [2.24, 2.45) is 4.99 Å². The van der Waals surface area contributed by atoms with Gasteiger partial charge in [-0.2, -0.15) is 35.4 Å². The van der Waals surface area contributed by atoms with Crippen molar-refractivity contribution in [3.05, 3.63) is 47.8 Å². The maximum atomic E-state index is 3.72. The normalized spacial score (nSPS) is 11.7. The number of nitrogens with zero attached hydrogens (tertiary/aromatic N) is 1. The Bertz CT molecular complexity index is 368. The quantitative estimate of drug-likeness (QED) is 0.551. The molecule has 2 nitrogen and oxygen atoms in total. The number of rotatable bonds is 2. The number of benzene rings is 1. The van der Waals surface area contributed by atoms with Crippen LogP contribution in [0.2, 0.25) is 0 Å². The molecule has 0 fully saturated rings. The van der Waals surface area contributed by atoms with E-state index in [0.29, 0.717) is 11.8 Å². The van der Waals surface area contributed by atoms with Crippen molar-refractivity contribution in [1.82, 2.24) is 0 Å². The molecule has 1 aromatic rings. The Labute approximate surface area is 136 Å². The van der Waals surface area contributed by atoms with Crippen molar-refractivity contribution in [1.29, 1.82) is 0 Å². The number of hydrogen-bond donors (Lipinski definition) is 1. The van der Waals surface area contributed by atoms with Crippen LogP contribution in [0.4, 0.5) is 0 Å². The van der Waals surface area contributed by atoms with Gasteiger partial charge in [-0.15, -0.1) is 0 Å². The van der Waals surface area contributed by atoms with Crippen LogP contribution in [0.1, 0.15) is 50.7 Å². The molecule has 0 aromatic heterocycles. The maximum Gasteiger partial charge on any atom is 0.191 e. The van der Waals surface area contributed by atoms with Crippen LogP contribution in [0.25, 0.3) is 0 Å². The second kappa shape index (κ2) is 11.4. The third-order valence-electron chi connectivity index (χ3n) is 2.54. The minimum atomic E-state index is 0. The molecule has 0 bridgehead atoms. The van der Waals surface area contributed by atoms with Crippen molar-refractivity contribution in [3.8, 4) is 0 Å². The average molecular weight is 372 g/mol. The first-order valence-corrected chi connectivity index (χ1v) is 6.15. The Kier molecular flexibility index (Phi) is 12.5. The molecule has 110 valence electrons. The van der Waals surface area contributed by atoms with E-state index in [1.165, 1.54) is 11.1 Å². The zero-order valence-corrected chi connectivity index (χ0v) is 14.1. The van der Waals surface area contributed by atoms with Crippen LogP contribution < -0.4 is 17.7 Å². The van der Waals surface area contributed by atoms with E-state index in [9.17, 15) is 0 Å². The third kappa shape index (κ3) is 8.34. The second-order valence-corrected chi connectivity index (χ2v) is 4.70. The van der Waals surface area contributed by atoms with Crippen LogP contribution in [0.15, 0.2) is 35.6 Å². The van der Waals surface area contributed by atoms with E-state index in [0.717, 1.165) is 0 Å². The molecule has 2 rings (SSSR count). The fourth-order valence-corrected chi connectivity index (χ4v) is 1.43. The first kappa shape index (κ1) is 20.9. The number of halogens is 1. The van der Waals surface area contributed by atoms with Crippen molar-refractivity contribution >= 4 is 6.34 Å². The van der Waals surface area contributed by atoms with Gasteiger partial charge in [-0.25, -0.2) is 4.99 Å². The molecule has 1 aromatic carbocycles. The number of nitrogens with two attached hydrogens (primary N) is 1. The van der Waals surface area contributed by atoms with Gasteiger partial charge < -0.3 is 12.4 Å². The predicted octanol–water partition coefficient (Wildman–Crippen LogP) is -0.202. The summed E-state index contributed by atoms with van der Waals surface area (Å²) in [7, 11) is 0. The summed E-state index contributed by atoms with van der Waals surface area (Å²) in [5.74, 6) is 1.17. The van der Waals surface area contributed by atoms with Crippen LogP contribution in [0.3, 0.4) is 0 Å². The van der Waals surface area contributed by atoms with Crippen molar-refractivity contribution in [2.75, 3.05) is 0 Å². The zero-order chi connectivity index (χ0) is 12.7. The fourth-order valence-electron chi connectivity index (χ4n) is 1.43. The van der Waals surface area contributed by atoms with Gasteiger partial charge in [0, 0.05) is 20.4 Å². The molecule has 2 N–H and O–H groups in total. The summed E-state index contributed by atoms with van der Waals surface area (Å²) in [6.45, 7) is 8.82. The smallest absolute Gasteiger partial charge is 0.191 e. The van der Waals surface area contributed by atoms with E-state index in [4.69, 9.17) is 0 Å². The fraction of sp³-hybridized carbons (Fsp3) is 0.400. The summed E-state index contributed by atoms with van der Waals surface area (Å²) in [6.07, 6.45) is 5.39. The summed E-state index contributed by atoms with van der Waals surface area (Å²) in [6, 6.07) is 9.87. The third-order valence-corrected chi connectivity index (χ3v) is 2.54. The molecule has 0 radical (unpaired) electrons. The van der Waals surface area contributed by atoms with Gasteiger partial charge in [0.25, 0.3) is 0 Å². The van der Waals surface area contributed by atoms with E-state index in [1.54, 1.807) is 12.5 Å². The molecule has 1 aliphatic heterocycles. The standard InChI is InChI=1S/C12H17.C3H4N2.ClH.Pd/c1-9(2)11-6-5-7-12(8-11)10(3)4;1-2-5-3-4-1;;/h5-7,9-10H,1-4H3;1-3H,(H,4,5);1H;/q-1;;;. The summed E-state index contributed by atoms with van der Waals surface area (Å²) in [5, 5.41) is 1.89. The maximum absolute atomic E-state index is 3.72. The molecule has 0 unspecified atom stereocenters. The molecule has 0 aliphatic carbocycles. The van der Waals surface area contributed by atoms with Crippen LogP contribution in [-0.2, 0) is 20.4 Å². The van der Waals surface area contributed by atoms with Crippen molar-refractivity contribution < 1.29 is 38.1 Å². The van der Waals surface area contributed by atoms with E-state index >= 15 is 0 Å². The Balaban J connectivity index is 0. The minimum Gasteiger partial charge on any atom is -1.00 e. The summed E-state index contributed by atoms with van der Waals surface area (Å²) in [5.41, 5.74) is 2.64. The van der Waals surface area contributed by atoms with Crippen LogP contribution in [0, 0.1) is 6.07 Å². The predicted molar refractivity (Wildman–Crippen MR) is 73.0 cm³/mol. The molecule has 1 aliphatic rings. The van der Waals surface area contributed by atoms with Crippen LogP contribution in [0.5, 0.6) is 0 Å². The second-order valence-electron chi connectivity index (χ2n) is 4.70. The molecule has 0 saturated heterocycles. The Morgan fingerprint density at radius 1 is 1.05 bits per heavy atom. The van der Waals surface area contributed by atoms with Crippen molar-refractivity contribution in [3.63, 3.8) is 0 Å². The van der Waals surface area contributed by atoms with Gasteiger partial charge in [-0.05, 0) is 11.8 Å². The van der Waals surface area contributed by atoms with Crippen LogP contribution in [-0.4, -0.2) is 6.34 Å². The first-order valence-electron chi connectivity index (χ1n) is 6.15. The van der Waals surface area contributed by atoms with Gasteiger partial charge in [-0.3, -0.25) is 5.32 Å². The molecule has 0 atom stereocenters. The molecular formula is C15H22ClN2Pd-. The average Bonchev–Trinajstić information content (AvgIpc) is 2.87. The van der Waals surface area contributed by atoms with E-state index in [2.05, 4.69) is 57.0 Å². The van der Waals surface area contributed by atoms with Gasteiger partial charge in [0.15, 0.2) is 6.34 Å². The summed E-state index contributed by atoms with van der Waals surface area (Å²) >= 11 is 0. The van der Waals surface area contributed by atoms with Gasteiger partial charge >= 0.3 is 0 Å². The molecule has 0 amide bonds. The monoisotopic (exact) mass is 371 g/mol. The minimum absolute atomic E-state index is 0. The molecule has 4 heteroatoms. The zero-order valence-electron chi connectivity index (χ0n) is 11.8. The first-order chi connectivity index (χ1) is 8.11. The molecular weight excluding hydrogens is 350 g/mol. The van der Waals surface area contributed by atoms with Gasteiger partial charge in [0.2, 0.25) is 0 Å². The van der Waals surface area contributed by atoms with E-state index in [-0.39, 0.29) is 32.8 Å². The van der Waals surface area contributed by atoms with Crippen LogP contribution >= 0.6 is 0 Å².